The monoisotopic (exact) mass is 693 g/mol. The third-order valence-electron chi connectivity index (χ3n) is 6.05. The Balaban J connectivity index is 4.02. The maximum absolute atomic E-state index is 12.3. The van der Waals surface area contributed by atoms with Gasteiger partial charge in [-0.25, -0.2) is 4.79 Å². The lowest BCUT2D eigenvalue weighted by molar-refractivity contribution is -0.871. The van der Waals surface area contributed by atoms with Crippen molar-refractivity contribution < 1.29 is 67.2 Å². The number of carbonyl (C=O) groups excluding carboxylic acids is 5. The molecule has 2 atom stereocenters. The van der Waals surface area contributed by atoms with Crippen molar-refractivity contribution in [3.63, 3.8) is 0 Å². The molecule has 0 bridgehead atoms. The number of ether oxygens (including phenoxy) is 4. The number of aliphatic carboxylic acids is 2. The predicted octanol–water partition coefficient (Wildman–Crippen LogP) is -3.17. The molecule has 0 saturated carbocycles. The number of nitrogens with zero attached hydrogens (tertiary/aromatic N) is 1. The largest absolute Gasteiger partial charge is 0.481 e. The van der Waals surface area contributed by atoms with Crippen molar-refractivity contribution in [3.05, 3.63) is 0 Å². The summed E-state index contributed by atoms with van der Waals surface area (Å²) in [4.78, 5) is 82.0. The van der Waals surface area contributed by atoms with Gasteiger partial charge in [-0.2, -0.15) is 0 Å². The van der Waals surface area contributed by atoms with E-state index in [4.69, 9.17) is 24.1 Å². The number of rotatable bonds is 29. The normalized spacial score (nSPS) is 12.3. The van der Waals surface area contributed by atoms with Crippen LogP contribution in [-0.4, -0.2) is 169 Å². The Morgan fingerprint density at radius 3 is 1.62 bits per heavy atom. The lowest BCUT2D eigenvalue weighted by atomic mass is 10.1. The Morgan fingerprint density at radius 1 is 0.625 bits per heavy atom. The highest BCUT2D eigenvalue weighted by atomic mass is 16.5. The molecule has 0 saturated heterocycles. The van der Waals surface area contributed by atoms with Crippen molar-refractivity contribution >= 4 is 41.5 Å². The first-order valence-corrected chi connectivity index (χ1v) is 15.5. The Hall–Kier alpha value is -3.91. The number of quaternary nitrogens is 1. The minimum absolute atomic E-state index is 0.0457. The van der Waals surface area contributed by atoms with Crippen molar-refractivity contribution in [2.24, 2.45) is 0 Å². The minimum Gasteiger partial charge on any atom is -0.481 e. The van der Waals surface area contributed by atoms with E-state index in [1.54, 1.807) is 0 Å². The van der Waals surface area contributed by atoms with Crippen molar-refractivity contribution in [2.45, 2.75) is 44.2 Å². The van der Waals surface area contributed by atoms with E-state index in [1.165, 1.54) is 7.05 Å². The standard InChI is InChI=1S/C29H52N6O13/c1-30-26(39)19-47-15-13-46-12-10-32-27(40)20-48-16-14-45-11-9-31-23(36)6-5-22(29(43)44)34-25(38)8-7-24(37)33-21(17-28(41)42)18-35(2,3)4/h21-22H,5-20H2,1-4H3,(H6-,30,31,32,33,34,36,37,38,39,40,41,42,43,44)/p+1. The molecule has 0 radical (unpaired) electrons. The van der Waals surface area contributed by atoms with E-state index >= 15 is 0 Å². The number of hydrogen-bond acceptors (Lipinski definition) is 11. The van der Waals surface area contributed by atoms with Crippen molar-refractivity contribution in [1.29, 1.82) is 0 Å². The second-order valence-electron chi connectivity index (χ2n) is 11.5. The van der Waals surface area contributed by atoms with Crippen LogP contribution >= 0.6 is 0 Å². The van der Waals surface area contributed by atoms with Gasteiger partial charge in [0.25, 0.3) is 0 Å². The molecule has 48 heavy (non-hydrogen) atoms. The molecule has 0 fully saturated rings. The van der Waals surface area contributed by atoms with E-state index < -0.39 is 41.7 Å². The highest BCUT2D eigenvalue weighted by Crippen LogP contribution is 2.03. The van der Waals surface area contributed by atoms with Crippen LogP contribution in [0.25, 0.3) is 0 Å². The zero-order valence-corrected chi connectivity index (χ0v) is 28.3. The minimum atomic E-state index is -1.34. The molecule has 19 heteroatoms. The summed E-state index contributed by atoms with van der Waals surface area (Å²) in [5.74, 6) is -4.65. The molecule has 19 nitrogen and oxygen atoms in total. The first-order chi connectivity index (χ1) is 22.6. The average molecular weight is 694 g/mol. The number of carbonyl (C=O) groups is 7. The van der Waals surface area contributed by atoms with E-state index in [0.29, 0.717) is 11.0 Å². The lowest BCUT2D eigenvalue weighted by Gasteiger charge is -2.29. The summed E-state index contributed by atoms with van der Waals surface area (Å²) < 4.78 is 21.3. The van der Waals surface area contributed by atoms with Gasteiger partial charge in [0.15, 0.2) is 0 Å². The fourth-order valence-corrected chi connectivity index (χ4v) is 3.87. The highest BCUT2D eigenvalue weighted by Gasteiger charge is 2.24. The molecule has 0 aromatic carbocycles. The topological polar surface area (TPSA) is 257 Å². The molecule has 0 spiro atoms. The Bertz CT molecular complexity index is 1020. The van der Waals surface area contributed by atoms with Gasteiger partial charge in [0.05, 0.1) is 79.8 Å². The third kappa shape index (κ3) is 27.2. The van der Waals surface area contributed by atoms with E-state index in [0.717, 1.165) is 0 Å². The predicted molar refractivity (Wildman–Crippen MR) is 168 cm³/mol. The van der Waals surface area contributed by atoms with E-state index in [1.807, 2.05) is 21.1 Å². The van der Waals surface area contributed by atoms with Crippen molar-refractivity contribution in [1.82, 2.24) is 26.6 Å². The van der Waals surface area contributed by atoms with Crippen LogP contribution < -0.4 is 26.6 Å². The highest BCUT2D eigenvalue weighted by molar-refractivity contribution is 5.87. The van der Waals surface area contributed by atoms with E-state index in [9.17, 15) is 38.7 Å². The Labute approximate surface area is 280 Å². The van der Waals surface area contributed by atoms with Gasteiger partial charge in [-0.05, 0) is 6.42 Å². The van der Waals surface area contributed by atoms with Crippen LogP contribution in [0.4, 0.5) is 0 Å². The van der Waals surface area contributed by atoms with Gasteiger partial charge in [-0.3, -0.25) is 28.8 Å². The second kappa shape index (κ2) is 26.1. The Morgan fingerprint density at radius 2 is 1.12 bits per heavy atom. The number of nitrogens with one attached hydrogen (secondary N) is 5. The fraction of sp³-hybridized carbons (Fsp3) is 0.759. The molecule has 0 rings (SSSR count). The van der Waals surface area contributed by atoms with Gasteiger partial charge in [0, 0.05) is 39.4 Å². The van der Waals surface area contributed by atoms with Gasteiger partial charge in [0.2, 0.25) is 29.5 Å². The molecule has 276 valence electrons. The van der Waals surface area contributed by atoms with Crippen LogP contribution in [0.1, 0.15) is 32.1 Å². The SMILES string of the molecule is CNC(=O)COCCOCCNC(=O)COCCOCCNC(=O)CCC(NC(=O)CCC(=O)NC(CC(=O)O)C[N+](C)(C)C)C(=O)O. The zero-order valence-electron chi connectivity index (χ0n) is 28.3. The first-order valence-electron chi connectivity index (χ1n) is 15.5. The van der Waals surface area contributed by atoms with Gasteiger partial charge in [-0.15, -0.1) is 0 Å². The molecule has 0 aromatic heterocycles. The summed E-state index contributed by atoms with van der Waals surface area (Å²) in [7, 11) is 7.05. The van der Waals surface area contributed by atoms with Crippen molar-refractivity contribution in [2.75, 3.05) is 101 Å². The molecule has 0 heterocycles. The number of amides is 5. The summed E-state index contributed by atoms with van der Waals surface area (Å²) >= 11 is 0. The van der Waals surface area contributed by atoms with Gasteiger partial charge in [0.1, 0.15) is 19.3 Å². The third-order valence-corrected chi connectivity index (χ3v) is 6.05. The van der Waals surface area contributed by atoms with Gasteiger partial charge < -0.3 is 60.2 Å². The number of hydrogen-bond donors (Lipinski definition) is 7. The summed E-state index contributed by atoms with van der Waals surface area (Å²) in [6.45, 7) is 1.82. The molecular formula is C29H53N6O13+. The lowest BCUT2D eigenvalue weighted by Crippen LogP contribution is -2.49. The summed E-state index contributed by atoms with van der Waals surface area (Å²) in [6, 6.07) is -1.98. The van der Waals surface area contributed by atoms with Gasteiger partial charge >= 0.3 is 11.9 Å². The van der Waals surface area contributed by atoms with Crippen LogP contribution in [-0.2, 0) is 52.5 Å². The Kier molecular flexibility index (Phi) is 24.0. The molecular weight excluding hydrogens is 640 g/mol. The quantitative estimate of drug-likeness (QED) is 0.0302. The van der Waals surface area contributed by atoms with Crippen LogP contribution in [0, 0.1) is 0 Å². The van der Waals surface area contributed by atoms with Crippen molar-refractivity contribution in [3.8, 4) is 0 Å². The molecule has 2 unspecified atom stereocenters. The molecule has 0 aliphatic carbocycles. The van der Waals surface area contributed by atoms with Crippen LogP contribution in [0.5, 0.6) is 0 Å². The molecule has 0 aliphatic heterocycles. The first kappa shape index (κ1) is 44.1. The molecule has 5 amide bonds. The smallest absolute Gasteiger partial charge is 0.326 e. The average Bonchev–Trinajstić information content (AvgIpc) is 2.99. The fourth-order valence-electron chi connectivity index (χ4n) is 3.87. The summed E-state index contributed by atoms with van der Waals surface area (Å²) in [6.07, 6.45) is -1.22. The van der Waals surface area contributed by atoms with Crippen LogP contribution in [0.15, 0.2) is 0 Å². The van der Waals surface area contributed by atoms with Gasteiger partial charge in [-0.1, -0.05) is 0 Å². The summed E-state index contributed by atoms with van der Waals surface area (Å²) in [5.41, 5.74) is 0. The second-order valence-corrected chi connectivity index (χ2v) is 11.5. The van der Waals surface area contributed by atoms with E-state index in [-0.39, 0.29) is 110 Å². The zero-order chi connectivity index (χ0) is 36.4. The molecule has 0 aliphatic rings. The van der Waals surface area contributed by atoms with E-state index in [2.05, 4.69) is 26.6 Å². The van der Waals surface area contributed by atoms with Crippen LogP contribution in [0.3, 0.4) is 0 Å². The number of carboxylic acids is 2. The number of carboxylic acid groups (broad SMARTS) is 2. The number of likely N-dealkylation sites (N-methyl/N-ethyl adjacent to an activating group) is 2. The molecule has 7 N–H and O–H groups in total. The maximum Gasteiger partial charge on any atom is 0.326 e. The maximum atomic E-state index is 12.3. The molecule has 0 aromatic rings. The van der Waals surface area contributed by atoms with Crippen LogP contribution in [0.2, 0.25) is 0 Å². The summed E-state index contributed by atoms with van der Waals surface area (Å²) in [5, 5.41) is 31.0.